The fraction of sp³-hybridized carbons (Fsp3) is 0.684. The van der Waals surface area contributed by atoms with E-state index in [0.717, 1.165) is 38.6 Å². The Kier molecular flexibility index (Phi) is 6.81. The number of sulfonamides is 2. The van der Waals surface area contributed by atoms with Gasteiger partial charge in [-0.3, -0.25) is 4.90 Å². The summed E-state index contributed by atoms with van der Waals surface area (Å²) in [4.78, 5) is 2.46. The van der Waals surface area contributed by atoms with Crippen molar-refractivity contribution in [3.8, 4) is 0 Å². The molecule has 0 radical (unpaired) electrons. The first kappa shape index (κ1) is 21.7. The molecule has 28 heavy (non-hydrogen) atoms. The molecule has 1 N–H and O–H groups in total. The van der Waals surface area contributed by atoms with Gasteiger partial charge in [-0.25, -0.2) is 21.6 Å². The summed E-state index contributed by atoms with van der Waals surface area (Å²) in [6, 6.07) is 8.55. The molecule has 2 heterocycles. The van der Waals surface area contributed by atoms with Gasteiger partial charge in [0.25, 0.3) is 0 Å². The maximum absolute atomic E-state index is 12.9. The van der Waals surface area contributed by atoms with Crippen molar-refractivity contribution in [2.24, 2.45) is 0 Å². The van der Waals surface area contributed by atoms with Crippen LogP contribution in [0.15, 0.2) is 24.3 Å². The van der Waals surface area contributed by atoms with E-state index in [1.807, 2.05) is 13.0 Å². The topological polar surface area (TPSA) is 86.8 Å². The maximum atomic E-state index is 12.9. The molecule has 2 aliphatic heterocycles. The summed E-state index contributed by atoms with van der Waals surface area (Å²) < 4.78 is 52.7. The minimum Gasteiger partial charge on any atom is -0.296 e. The third-order valence-electron chi connectivity index (χ3n) is 5.69. The Bertz CT molecular complexity index is 886. The van der Waals surface area contributed by atoms with Crippen molar-refractivity contribution in [2.45, 2.75) is 44.7 Å². The van der Waals surface area contributed by atoms with E-state index in [9.17, 15) is 16.8 Å². The Balaban J connectivity index is 1.80. The van der Waals surface area contributed by atoms with E-state index in [0.29, 0.717) is 6.42 Å². The fourth-order valence-corrected chi connectivity index (χ4v) is 6.69. The summed E-state index contributed by atoms with van der Waals surface area (Å²) in [5.41, 5.74) is 2.66. The van der Waals surface area contributed by atoms with Gasteiger partial charge in [0.2, 0.25) is 20.0 Å². The predicted octanol–water partition coefficient (Wildman–Crippen LogP) is 1.34. The van der Waals surface area contributed by atoms with Crippen LogP contribution in [0.1, 0.15) is 43.4 Å². The molecule has 0 unspecified atom stereocenters. The molecule has 2 atom stereocenters. The van der Waals surface area contributed by atoms with Crippen molar-refractivity contribution in [1.82, 2.24) is 13.9 Å². The number of hydrogen-bond donors (Lipinski definition) is 1. The molecule has 1 aromatic carbocycles. The van der Waals surface area contributed by atoms with Gasteiger partial charge in [0.15, 0.2) is 0 Å². The minimum absolute atomic E-state index is 0.0906. The van der Waals surface area contributed by atoms with Gasteiger partial charge in [-0.05, 0) is 36.8 Å². The van der Waals surface area contributed by atoms with Crippen LogP contribution in [0.4, 0.5) is 0 Å². The van der Waals surface area contributed by atoms with Gasteiger partial charge >= 0.3 is 0 Å². The molecule has 9 heteroatoms. The minimum atomic E-state index is -3.43. The summed E-state index contributed by atoms with van der Waals surface area (Å²) in [5, 5.41) is 0. The van der Waals surface area contributed by atoms with Crippen LogP contribution in [0.3, 0.4) is 0 Å². The normalized spacial score (nSPS) is 23.4. The monoisotopic (exact) mass is 429 g/mol. The average Bonchev–Trinajstić information content (AvgIpc) is 2.64. The van der Waals surface area contributed by atoms with Gasteiger partial charge < -0.3 is 0 Å². The summed E-state index contributed by atoms with van der Waals surface area (Å²) in [5.74, 6) is 0.0906. The lowest BCUT2D eigenvalue weighted by Crippen LogP contribution is -2.52. The van der Waals surface area contributed by atoms with E-state index >= 15 is 0 Å². The van der Waals surface area contributed by atoms with Crippen molar-refractivity contribution in [2.75, 3.05) is 38.2 Å². The van der Waals surface area contributed by atoms with Gasteiger partial charge in [0, 0.05) is 38.3 Å². The Labute approximate surface area is 169 Å². The second-order valence-electron chi connectivity index (χ2n) is 7.77. The summed E-state index contributed by atoms with van der Waals surface area (Å²) in [6.45, 7) is 4.00. The lowest BCUT2D eigenvalue weighted by molar-refractivity contribution is 0.0911. The first-order valence-electron chi connectivity index (χ1n) is 9.97. The highest BCUT2D eigenvalue weighted by Gasteiger charge is 2.38. The molecular formula is C19H31N3O4S2. The fourth-order valence-electron chi connectivity index (χ4n) is 4.46. The Morgan fingerprint density at radius 1 is 1.18 bits per heavy atom. The highest BCUT2D eigenvalue weighted by Crippen LogP contribution is 2.38. The zero-order chi connectivity index (χ0) is 20.4. The van der Waals surface area contributed by atoms with Gasteiger partial charge in [-0.1, -0.05) is 31.2 Å². The molecule has 7 nitrogen and oxygen atoms in total. The average molecular weight is 430 g/mol. The van der Waals surface area contributed by atoms with Crippen molar-refractivity contribution in [1.29, 1.82) is 0 Å². The van der Waals surface area contributed by atoms with E-state index in [2.05, 4.69) is 27.8 Å². The van der Waals surface area contributed by atoms with Crippen LogP contribution < -0.4 is 4.72 Å². The number of rotatable bonds is 8. The zero-order valence-electron chi connectivity index (χ0n) is 16.7. The number of nitrogens with one attached hydrogen (secondary N) is 1. The SMILES string of the molecule is CCCS(=O)(=O)N(CCNS(C)(=O)=O)[C@@H]1CCN2CCc3ccccc3[C@@H]2C1. The molecule has 0 spiro atoms. The molecule has 0 amide bonds. The Morgan fingerprint density at radius 2 is 1.93 bits per heavy atom. The number of hydrogen-bond acceptors (Lipinski definition) is 5. The Morgan fingerprint density at radius 3 is 2.64 bits per heavy atom. The van der Waals surface area contributed by atoms with Crippen LogP contribution in [0.5, 0.6) is 0 Å². The van der Waals surface area contributed by atoms with Crippen molar-refractivity contribution < 1.29 is 16.8 Å². The second kappa shape index (κ2) is 8.79. The third-order valence-corrected chi connectivity index (χ3v) is 8.54. The smallest absolute Gasteiger partial charge is 0.214 e. The van der Waals surface area contributed by atoms with Crippen LogP contribution in [-0.4, -0.2) is 70.3 Å². The third kappa shape index (κ3) is 5.13. The van der Waals surface area contributed by atoms with Gasteiger partial charge in [-0.15, -0.1) is 0 Å². The molecule has 1 fully saturated rings. The van der Waals surface area contributed by atoms with Crippen molar-refractivity contribution in [3.63, 3.8) is 0 Å². The quantitative estimate of drug-likeness (QED) is 0.674. The zero-order valence-corrected chi connectivity index (χ0v) is 18.3. The van der Waals surface area contributed by atoms with Gasteiger partial charge in [0.1, 0.15) is 0 Å². The molecule has 158 valence electrons. The number of piperidine rings is 1. The van der Waals surface area contributed by atoms with E-state index in [4.69, 9.17) is 0 Å². The van der Waals surface area contributed by atoms with Gasteiger partial charge in [0.05, 0.1) is 12.0 Å². The highest BCUT2D eigenvalue weighted by molar-refractivity contribution is 7.89. The molecular weight excluding hydrogens is 398 g/mol. The molecule has 1 aromatic rings. The van der Waals surface area contributed by atoms with E-state index in [-0.39, 0.29) is 30.9 Å². The van der Waals surface area contributed by atoms with Crippen LogP contribution in [0.25, 0.3) is 0 Å². The molecule has 0 aromatic heterocycles. The molecule has 1 saturated heterocycles. The van der Waals surface area contributed by atoms with E-state index in [1.165, 1.54) is 11.1 Å². The molecule has 0 bridgehead atoms. The highest BCUT2D eigenvalue weighted by atomic mass is 32.2. The van der Waals surface area contributed by atoms with E-state index < -0.39 is 20.0 Å². The standard InChI is InChI=1S/C19H31N3O4S2/c1-3-14-28(25,26)22(13-10-20-27(2,23)24)17-9-12-21-11-8-16-6-4-5-7-18(16)19(21)15-17/h4-7,17,19-20H,3,8-15H2,1-2H3/t17-,19+/m1/s1. The summed E-state index contributed by atoms with van der Waals surface area (Å²) in [6.07, 6.45) is 4.20. The van der Waals surface area contributed by atoms with Crippen LogP contribution >= 0.6 is 0 Å². The van der Waals surface area contributed by atoms with Crippen molar-refractivity contribution in [3.05, 3.63) is 35.4 Å². The second-order valence-corrected chi connectivity index (χ2v) is 11.6. The summed E-state index contributed by atoms with van der Waals surface area (Å²) in [7, 11) is -6.77. The lowest BCUT2D eigenvalue weighted by atomic mass is 9.85. The molecule has 2 aliphatic rings. The number of fused-ring (bicyclic) bond motifs is 3. The van der Waals surface area contributed by atoms with Gasteiger partial charge in [-0.2, -0.15) is 4.31 Å². The largest absolute Gasteiger partial charge is 0.296 e. The first-order chi connectivity index (χ1) is 13.2. The van der Waals surface area contributed by atoms with Crippen LogP contribution in [-0.2, 0) is 26.5 Å². The maximum Gasteiger partial charge on any atom is 0.214 e. The van der Waals surface area contributed by atoms with Crippen LogP contribution in [0, 0.1) is 0 Å². The number of nitrogens with zero attached hydrogens (tertiary/aromatic N) is 2. The van der Waals surface area contributed by atoms with Crippen molar-refractivity contribution >= 4 is 20.0 Å². The number of benzene rings is 1. The molecule has 0 saturated carbocycles. The predicted molar refractivity (Wildman–Crippen MR) is 111 cm³/mol. The Hall–Kier alpha value is -1.00. The van der Waals surface area contributed by atoms with Crippen LogP contribution in [0.2, 0.25) is 0 Å². The first-order valence-corrected chi connectivity index (χ1v) is 13.5. The van der Waals surface area contributed by atoms with E-state index in [1.54, 1.807) is 4.31 Å². The molecule has 0 aliphatic carbocycles. The lowest BCUT2D eigenvalue weighted by Gasteiger charge is -2.46. The summed E-state index contributed by atoms with van der Waals surface area (Å²) >= 11 is 0. The molecule has 3 rings (SSSR count).